The van der Waals surface area contributed by atoms with E-state index in [1.165, 1.54) is 11.1 Å². The number of thioether (sulfide) groups is 1. The molecule has 0 aliphatic carbocycles. The van der Waals surface area contributed by atoms with E-state index in [1.807, 2.05) is 23.1 Å². The number of nitrogens with zero attached hydrogens (tertiary/aromatic N) is 1. The van der Waals surface area contributed by atoms with Crippen LogP contribution in [0.2, 0.25) is 0 Å². The average molecular weight is 355 g/mol. The summed E-state index contributed by atoms with van der Waals surface area (Å²) in [6, 6.07) is 12.2. The highest BCUT2D eigenvalue weighted by molar-refractivity contribution is 8.00. The number of fused-ring (bicyclic) bond motifs is 2. The Balaban J connectivity index is 1.45. The summed E-state index contributed by atoms with van der Waals surface area (Å²) in [4.78, 5) is 15.7. The van der Waals surface area contributed by atoms with Crippen LogP contribution in [-0.2, 0) is 11.2 Å². The van der Waals surface area contributed by atoms with Crippen molar-refractivity contribution in [2.24, 2.45) is 0 Å². The first kappa shape index (κ1) is 16.3. The maximum atomic E-state index is 12.8. The second-order valence-electron chi connectivity index (χ2n) is 6.38. The Labute approximate surface area is 152 Å². The molecule has 0 aromatic heterocycles. The van der Waals surface area contributed by atoms with Crippen molar-refractivity contribution in [3.8, 4) is 11.5 Å². The van der Waals surface area contributed by atoms with Crippen LogP contribution < -0.4 is 14.4 Å². The number of hydrogen-bond donors (Lipinski definition) is 0. The van der Waals surface area contributed by atoms with Crippen LogP contribution in [0.15, 0.2) is 41.3 Å². The lowest BCUT2D eigenvalue weighted by Gasteiger charge is -2.29. The Kier molecular flexibility index (Phi) is 4.57. The van der Waals surface area contributed by atoms with Crippen LogP contribution in [0.3, 0.4) is 0 Å². The lowest BCUT2D eigenvalue weighted by atomic mass is 9.99. The van der Waals surface area contributed by atoms with Gasteiger partial charge in [0.2, 0.25) is 5.91 Å². The van der Waals surface area contributed by atoms with E-state index in [1.54, 1.807) is 11.8 Å². The molecule has 2 aromatic carbocycles. The summed E-state index contributed by atoms with van der Waals surface area (Å²) in [6.07, 6.45) is 2.08. The fourth-order valence-electron chi connectivity index (χ4n) is 3.32. The molecule has 5 heteroatoms. The van der Waals surface area contributed by atoms with Crippen LogP contribution in [0.4, 0.5) is 5.69 Å². The summed E-state index contributed by atoms with van der Waals surface area (Å²) in [5.41, 5.74) is 3.60. The topological polar surface area (TPSA) is 38.8 Å². The quantitative estimate of drug-likeness (QED) is 0.784. The van der Waals surface area contributed by atoms with Crippen molar-refractivity contribution in [1.29, 1.82) is 0 Å². The molecule has 1 amide bonds. The number of hydrogen-bond acceptors (Lipinski definition) is 4. The van der Waals surface area contributed by atoms with Gasteiger partial charge in [-0.25, -0.2) is 0 Å². The molecule has 0 saturated heterocycles. The molecule has 2 aliphatic rings. The standard InChI is InChI=1S/C20H21NO3S/c1-14-4-6-17-15(11-14)3-2-8-21(17)20(22)13-25-16-5-7-18-19(12-16)24-10-9-23-18/h4-7,11-12H,2-3,8-10,13H2,1H3. The van der Waals surface area contributed by atoms with Crippen LogP contribution >= 0.6 is 11.8 Å². The van der Waals surface area contributed by atoms with Gasteiger partial charge in [0, 0.05) is 17.1 Å². The first-order valence-corrected chi connectivity index (χ1v) is 9.61. The molecule has 0 spiro atoms. The molecule has 0 unspecified atom stereocenters. The van der Waals surface area contributed by atoms with Gasteiger partial charge >= 0.3 is 0 Å². The molecule has 25 heavy (non-hydrogen) atoms. The van der Waals surface area contributed by atoms with Crippen LogP contribution in [0.25, 0.3) is 0 Å². The van der Waals surface area contributed by atoms with Crippen molar-refractivity contribution < 1.29 is 14.3 Å². The molecule has 0 radical (unpaired) electrons. The number of carbonyl (C=O) groups is 1. The van der Waals surface area contributed by atoms with Crippen molar-refractivity contribution >= 4 is 23.4 Å². The average Bonchev–Trinajstić information content (AvgIpc) is 2.65. The van der Waals surface area contributed by atoms with Gasteiger partial charge in [0.1, 0.15) is 13.2 Å². The molecule has 0 bridgehead atoms. The van der Waals surface area contributed by atoms with E-state index in [-0.39, 0.29) is 5.91 Å². The fourth-order valence-corrected chi connectivity index (χ4v) is 4.12. The first-order valence-electron chi connectivity index (χ1n) is 8.63. The number of rotatable bonds is 3. The van der Waals surface area contributed by atoms with Crippen LogP contribution in [0.5, 0.6) is 11.5 Å². The van der Waals surface area contributed by atoms with Crippen molar-refractivity contribution in [3.05, 3.63) is 47.5 Å². The van der Waals surface area contributed by atoms with Gasteiger partial charge in [0.15, 0.2) is 11.5 Å². The van der Waals surface area contributed by atoms with E-state index in [4.69, 9.17) is 9.47 Å². The van der Waals surface area contributed by atoms with E-state index in [9.17, 15) is 4.79 Å². The number of amides is 1. The SMILES string of the molecule is Cc1ccc2c(c1)CCCN2C(=O)CSc1ccc2c(c1)OCCO2. The van der Waals surface area contributed by atoms with Crippen LogP contribution in [0, 0.1) is 6.92 Å². The van der Waals surface area contributed by atoms with Gasteiger partial charge in [-0.15, -0.1) is 11.8 Å². The molecule has 2 aromatic rings. The molecular formula is C20H21NO3S. The minimum atomic E-state index is 0.157. The van der Waals surface area contributed by atoms with Gasteiger partial charge in [-0.3, -0.25) is 4.79 Å². The van der Waals surface area contributed by atoms with Gasteiger partial charge in [-0.2, -0.15) is 0 Å². The number of aryl methyl sites for hydroxylation is 2. The van der Waals surface area contributed by atoms with Crippen molar-refractivity contribution in [2.75, 3.05) is 30.4 Å². The number of carbonyl (C=O) groups excluding carboxylic acids is 1. The van der Waals surface area contributed by atoms with Crippen LogP contribution in [-0.4, -0.2) is 31.4 Å². The Morgan fingerprint density at radius 3 is 2.84 bits per heavy atom. The fraction of sp³-hybridized carbons (Fsp3) is 0.350. The lowest BCUT2D eigenvalue weighted by Crippen LogP contribution is -2.36. The molecule has 130 valence electrons. The molecule has 4 rings (SSSR count). The minimum absolute atomic E-state index is 0.157. The lowest BCUT2D eigenvalue weighted by molar-refractivity contribution is -0.116. The molecule has 4 nitrogen and oxygen atoms in total. The highest BCUT2D eigenvalue weighted by Crippen LogP contribution is 2.35. The third kappa shape index (κ3) is 3.47. The third-order valence-corrected chi connectivity index (χ3v) is 5.51. The molecule has 0 N–H and O–H groups in total. The molecule has 0 atom stereocenters. The van der Waals surface area contributed by atoms with Gasteiger partial charge < -0.3 is 14.4 Å². The van der Waals surface area contributed by atoms with Gasteiger partial charge in [0.05, 0.1) is 5.75 Å². The Hall–Kier alpha value is -2.14. The smallest absolute Gasteiger partial charge is 0.237 e. The third-order valence-electron chi connectivity index (χ3n) is 4.53. The number of anilines is 1. The summed E-state index contributed by atoms with van der Waals surface area (Å²) < 4.78 is 11.1. The summed E-state index contributed by atoms with van der Waals surface area (Å²) >= 11 is 1.55. The molecule has 0 saturated carbocycles. The van der Waals surface area contributed by atoms with E-state index in [2.05, 4.69) is 25.1 Å². The van der Waals surface area contributed by atoms with E-state index in [0.717, 1.165) is 41.5 Å². The van der Waals surface area contributed by atoms with E-state index < -0.39 is 0 Å². The molecule has 2 aliphatic heterocycles. The first-order chi connectivity index (χ1) is 12.2. The van der Waals surface area contributed by atoms with Gasteiger partial charge in [-0.05, 0) is 49.6 Å². The van der Waals surface area contributed by atoms with E-state index >= 15 is 0 Å². The molecule has 0 fully saturated rings. The highest BCUT2D eigenvalue weighted by atomic mass is 32.2. The number of ether oxygens (including phenoxy) is 2. The zero-order chi connectivity index (χ0) is 17.2. The predicted octanol–water partition coefficient (Wildman–Crippen LogP) is 3.84. The maximum absolute atomic E-state index is 12.8. The second kappa shape index (κ2) is 7.00. The normalized spacial score (nSPS) is 15.6. The summed E-state index contributed by atoms with van der Waals surface area (Å²) in [7, 11) is 0. The predicted molar refractivity (Wildman–Crippen MR) is 100 cm³/mol. The van der Waals surface area contributed by atoms with E-state index in [0.29, 0.717) is 19.0 Å². The van der Waals surface area contributed by atoms with Crippen LogP contribution in [0.1, 0.15) is 17.5 Å². The Bertz CT molecular complexity index is 806. The van der Waals surface area contributed by atoms with Crippen molar-refractivity contribution in [1.82, 2.24) is 0 Å². The minimum Gasteiger partial charge on any atom is -0.486 e. The Morgan fingerprint density at radius 1 is 1.12 bits per heavy atom. The van der Waals surface area contributed by atoms with Crippen molar-refractivity contribution in [3.63, 3.8) is 0 Å². The second-order valence-corrected chi connectivity index (χ2v) is 7.42. The van der Waals surface area contributed by atoms with Crippen molar-refractivity contribution in [2.45, 2.75) is 24.7 Å². The molecular weight excluding hydrogens is 334 g/mol. The largest absolute Gasteiger partial charge is 0.486 e. The maximum Gasteiger partial charge on any atom is 0.237 e. The summed E-state index contributed by atoms with van der Waals surface area (Å²) in [5.74, 6) is 2.13. The zero-order valence-corrected chi connectivity index (χ0v) is 15.1. The molecule has 2 heterocycles. The highest BCUT2D eigenvalue weighted by Gasteiger charge is 2.22. The van der Waals surface area contributed by atoms with Gasteiger partial charge in [0.25, 0.3) is 0 Å². The van der Waals surface area contributed by atoms with Gasteiger partial charge in [-0.1, -0.05) is 17.7 Å². The summed E-state index contributed by atoms with van der Waals surface area (Å²) in [5, 5.41) is 0. The monoisotopic (exact) mass is 355 g/mol. The number of benzene rings is 2. The Morgan fingerprint density at radius 2 is 1.96 bits per heavy atom. The summed E-state index contributed by atoms with van der Waals surface area (Å²) in [6.45, 7) is 4.06. The zero-order valence-electron chi connectivity index (χ0n) is 14.3.